The number of carbonyl (C=O) groups is 1. The molecule has 2 aromatic rings. The van der Waals surface area contributed by atoms with Crippen LogP contribution in [0, 0.1) is 0 Å². The number of nitrogens with one attached hydrogen (secondary N) is 1. The summed E-state index contributed by atoms with van der Waals surface area (Å²) in [6.07, 6.45) is 3.74. The molecule has 1 aromatic carbocycles. The summed E-state index contributed by atoms with van der Waals surface area (Å²) < 4.78 is 5.13. The lowest BCUT2D eigenvalue weighted by Gasteiger charge is -2.40. The van der Waals surface area contributed by atoms with Crippen molar-refractivity contribution >= 4 is 23.2 Å². The molecule has 0 unspecified atom stereocenters. The lowest BCUT2D eigenvalue weighted by molar-refractivity contribution is 0.0696. The van der Waals surface area contributed by atoms with Crippen LogP contribution in [-0.2, 0) is 11.8 Å². The average molecular weight is 378 g/mol. The Kier molecular flexibility index (Phi) is 5.53. The van der Waals surface area contributed by atoms with Gasteiger partial charge in [0, 0.05) is 36.3 Å². The summed E-state index contributed by atoms with van der Waals surface area (Å²) >= 11 is 6.20. The summed E-state index contributed by atoms with van der Waals surface area (Å²) in [5.41, 5.74) is 4.36. The first-order valence-electron chi connectivity index (χ1n) is 8.86. The van der Waals surface area contributed by atoms with E-state index in [1.165, 1.54) is 11.3 Å². The Labute approximate surface area is 158 Å². The van der Waals surface area contributed by atoms with Gasteiger partial charge in [0.05, 0.1) is 0 Å². The summed E-state index contributed by atoms with van der Waals surface area (Å²) in [4.78, 5) is 13.7. The van der Waals surface area contributed by atoms with E-state index in [2.05, 4.69) is 36.0 Å². The van der Waals surface area contributed by atoms with E-state index in [-0.39, 0.29) is 11.1 Å². The predicted molar refractivity (Wildman–Crippen MR) is 100 cm³/mol. The summed E-state index contributed by atoms with van der Waals surface area (Å²) in [5, 5.41) is 13.0. The van der Waals surface area contributed by atoms with Crippen LogP contribution < -0.4 is 10.4 Å². The number of aryl methyl sites for hydroxylation is 1. The standard InChI is InChI=1S/C19H24ClN3O3/c1-19(2)8-10-23(17-7-6-13(20)11-15(17)19)9-4-3-5-14-12-16(22-26-14)18(24)21-25/h6-7,11-12,25H,3-5,8-10H2,1-2H3,(H,21,24). The highest BCUT2D eigenvalue weighted by Crippen LogP contribution is 2.40. The Balaban J connectivity index is 1.56. The predicted octanol–water partition coefficient (Wildman–Crippen LogP) is 3.96. The molecular weight excluding hydrogens is 354 g/mol. The zero-order chi connectivity index (χ0) is 18.7. The first-order chi connectivity index (χ1) is 12.4. The number of hydroxylamine groups is 1. The Morgan fingerprint density at radius 1 is 1.38 bits per heavy atom. The third-order valence-electron chi connectivity index (χ3n) is 5.03. The highest BCUT2D eigenvalue weighted by atomic mass is 35.5. The minimum Gasteiger partial charge on any atom is -0.371 e. The van der Waals surface area contributed by atoms with E-state index >= 15 is 0 Å². The quantitative estimate of drug-likeness (QED) is 0.452. The van der Waals surface area contributed by atoms with Crippen molar-refractivity contribution in [3.05, 3.63) is 46.3 Å². The number of anilines is 1. The zero-order valence-corrected chi connectivity index (χ0v) is 15.8. The van der Waals surface area contributed by atoms with Crippen molar-refractivity contribution in [1.82, 2.24) is 10.6 Å². The fourth-order valence-corrected chi connectivity index (χ4v) is 3.60. The molecule has 7 heteroatoms. The summed E-state index contributed by atoms with van der Waals surface area (Å²) in [5.74, 6) is -0.0123. The number of carbonyl (C=O) groups excluding carboxylic acids is 1. The summed E-state index contributed by atoms with van der Waals surface area (Å²) in [7, 11) is 0. The molecule has 0 bridgehead atoms. The fraction of sp³-hybridized carbons (Fsp3) is 0.474. The van der Waals surface area contributed by atoms with Crippen molar-refractivity contribution < 1.29 is 14.5 Å². The number of hydrogen-bond donors (Lipinski definition) is 2. The van der Waals surface area contributed by atoms with Gasteiger partial charge in [-0.25, -0.2) is 5.48 Å². The third kappa shape index (κ3) is 4.02. The van der Waals surface area contributed by atoms with Gasteiger partial charge >= 0.3 is 0 Å². The number of nitrogens with zero attached hydrogens (tertiary/aromatic N) is 2. The maximum Gasteiger partial charge on any atom is 0.296 e. The number of rotatable bonds is 6. The van der Waals surface area contributed by atoms with Crippen LogP contribution in [-0.4, -0.2) is 29.4 Å². The molecule has 0 radical (unpaired) electrons. The van der Waals surface area contributed by atoms with Crippen LogP contribution in [0.15, 0.2) is 28.8 Å². The molecule has 0 saturated heterocycles. The normalized spacial score (nSPS) is 15.6. The zero-order valence-electron chi connectivity index (χ0n) is 15.1. The number of benzene rings is 1. The molecule has 0 fully saturated rings. The van der Waals surface area contributed by atoms with Crippen LogP contribution in [0.3, 0.4) is 0 Å². The highest BCUT2D eigenvalue weighted by molar-refractivity contribution is 6.30. The van der Waals surface area contributed by atoms with Crippen molar-refractivity contribution in [3.8, 4) is 0 Å². The van der Waals surface area contributed by atoms with Crippen molar-refractivity contribution in [2.75, 3.05) is 18.0 Å². The average Bonchev–Trinajstić information content (AvgIpc) is 3.09. The molecule has 6 nitrogen and oxygen atoms in total. The lowest BCUT2D eigenvalue weighted by atomic mass is 9.77. The topological polar surface area (TPSA) is 78.6 Å². The fourth-order valence-electron chi connectivity index (χ4n) is 3.42. The Bertz CT molecular complexity index is 788. The van der Waals surface area contributed by atoms with Crippen LogP contribution in [0.25, 0.3) is 0 Å². The Morgan fingerprint density at radius 3 is 2.96 bits per heavy atom. The number of amides is 1. The SMILES string of the molecule is CC1(C)CCN(CCCCc2cc(C(=O)NO)no2)c2ccc(Cl)cc21. The van der Waals surface area contributed by atoms with Crippen LogP contribution in [0.4, 0.5) is 5.69 Å². The second-order valence-electron chi connectivity index (χ2n) is 7.36. The van der Waals surface area contributed by atoms with Gasteiger partial charge < -0.3 is 9.42 Å². The highest BCUT2D eigenvalue weighted by Gasteiger charge is 2.31. The van der Waals surface area contributed by atoms with E-state index in [4.69, 9.17) is 21.3 Å². The number of aromatic nitrogens is 1. The minimum absolute atomic E-state index is 0.0894. The van der Waals surface area contributed by atoms with Gasteiger partial charge in [-0.15, -0.1) is 0 Å². The molecule has 2 N–H and O–H groups in total. The Hall–Kier alpha value is -2.05. The number of hydrogen-bond acceptors (Lipinski definition) is 5. The van der Waals surface area contributed by atoms with Gasteiger partial charge in [0.15, 0.2) is 5.69 Å². The maximum atomic E-state index is 11.3. The van der Waals surface area contributed by atoms with Gasteiger partial charge in [-0.1, -0.05) is 30.6 Å². The van der Waals surface area contributed by atoms with E-state index < -0.39 is 5.91 Å². The van der Waals surface area contributed by atoms with Crippen LogP contribution in [0.1, 0.15) is 54.9 Å². The molecule has 26 heavy (non-hydrogen) atoms. The van der Waals surface area contributed by atoms with E-state index in [0.29, 0.717) is 12.2 Å². The summed E-state index contributed by atoms with van der Waals surface area (Å²) in [6.45, 7) is 6.53. The molecule has 1 aromatic heterocycles. The number of unbranched alkanes of at least 4 members (excludes halogenated alkanes) is 1. The molecule has 0 atom stereocenters. The van der Waals surface area contributed by atoms with Crippen LogP contribution in [0.2, 0.25) is 5.02 Å². The second kappa shape index (κ2) is 7.68. The maximum absolute atomic E-state index is 11.3. The van der Waals surface area contributed by atoms with Gasteiger partial charge in [-0.2, -0.15) is 0 Å². The Morgan fingerprint density at radius 2 is 2.19 bits per heavy atom. The molecule has 0 spiro atoms. The van der Waals surface area contributed by atoms with Gasteiger partial charge in [-0.05, 0) is 48.4 Å². The van der Waals surface area contributed by atoms with Crippen molar-refractivity contribution in [1.29, 1.82) is 0 Å². The molecule has 1 aliphatic rings. The van der Waals surface area contributed by atoms with Gasteiger partial charge in [0.25, 0.3) is 5.91 Å². The number of fused-ring (bicyclic) bond motifs is 1. The molecular formula is C19H24ClN3O3. The van der Waals surface area contributed by atoms with E-state index in [1.807, 2.05) is 6.07 Å². The third-order valence-corrected chi connectivity index (χ3v) is 5.26. The molecule has 0 saturated carbocycles. The minimum atomic E-state index is -0.661. The van der Waals surface area contributed by atoms with Crippen molar-refractivity contribution in [2.45, 2.75) is 44.9 Å². The largest absolute Gasteiger partial charge is 0.371 e. The number of halogens is 1. The molecule has 140 valence electrons. The van der Waals surface area contributed by atoms with Crippen molar-refractivity contribution in [2.24, 2.45) is 0 Å². The monoisotopic (exact) mass is 377 g/mol. The molecule has 1 amide bonds. The smallest absolute Gasteiger partial charge is 0.296 e. The van der Waals surface area contributed by atoms with E-state index in [0.717, 1.165) is 37.4 Å². The first-order valence-corrected chi connectivity index (χ1v) is 9.23. The van der Waals surface area contributed by atoms with Gasteiger partial charge in [-0.3, -0.25) is 10.0 Å². The molecule has 1 aliphatic heterocycles. The molecule has 3 rings (SSSR count). The molecule has 0 aliphatic carbocycles. The van der Waals surface area contributed by atoms with Crippen LogP contribution in [0.5, 0.6) is 0 Å². The molecule has 2 heterocycles. The van der Waals surface area contributed by atoms with Gasteiger partial charge in [0.1, 0.15) is 5.76 Å². The second-order valence-corrected chi connectivity index (χ2v) is 7.80. The summed E-state index contributed by atoms with van der Waals surface area (Å²) in [6, 6.07) is 7.73. The van der Waals surface area contributed by atoms with E-state index in [1.54, 1.807) is 11.5 Å². The van der Waals surface area contributed by atoms with E-state index in [9.17, 15) is 4.79 Å². The van der Waals surface area contributed by atoms with Crippen molar-refractivity contribution in [3.63, 3.8) is 0 Å². The van der Waals surface area contributed by atoms with Gasteiger partial charge in [0.2, 0.25) is 0 Å². The lowest BCUT2D eigenvalue weighted by Crippen LogP contribution is -2.37. The first kappa shape index (κ1) is 18.7. The van der Waals surface area contributed by atoms with Crippen LogP contribution >= 0.6 is 11.6 Å².